The smallest absolute Gasteiger partial charge is 0.120 e. The third-order valence-electron chi connectivity index (χ3n) is 2.24. The molecule has 0 saturated carbocycles. The molecule has 1 aromatic carbocycles. The van der Waals surface area contributed by atoms with E-state index in [1.54, 1.807) is 5.94 Å². The first-order chi connectivity index (χ1) is 7.93. The maximum absolute atomic E-state index is 9.88. The molecule has 0 aromatic heterocycles. The predicted octanol–water partition coefficient (Wildman–Crippen LogP) is 3.18. The summed E-state index contributed by atoms with van der Waals surface area (Å²) in [7, 11) is 0. The van der Waals surface area contributed by atoms with Crippen LogP contribution in [-0.4, -0.2) is 5.94 Å². The third kappa shape index (κ3) is 5.86. The summed E-state index contributed by atoms with van der Waals surface area (Å²) < 4.78 is 0. The monoisotopic (exact) mass is 212 g/mol. The molecule has 0 unspecified atom stereocenters. The fourth-order valence-electron chi connectivity index (χ4n) is 1.38. The van der Waals surface area contributed by atoms with Crippen molar-refractivity contribution in [2.24, 2.45) is 0 Å². The number of hydrogen-bond acceptors (Lipinski definition) is 1. The van der Waals surface area contributed by atoms with Crippen LogP contribution in [0.1, 0.15) is 31.2 Å². The first-order valence-corrected chi connectivity index (χ1v) is 5.62. The summed E-state index contributed by atoms with van der Waals surface area (Å²) in [4.78, 5) is 9.88. The Labute approximate surface area is 97.2 Å². The highest BCUT2D eigenvalue weighted by molar-refractivity contribution is 5.44. The molecule has 0 heterocycles. The maximum Gasteiger partial charge on any atom is 0.120 e. The Kier molecular flexibility index (Phi) is 6.56. The Morgan fingerprint density at radius 1 is 1.06 bits per heavy atom. The molecule has 0 aliphatic rings. The number of hydrogen-bond donors (Lipinski definition) is 0. The molecule has 0 aliphatic heterocycles. The number of allylic oxidation sites excluding steroid dienone is 1. The van der Waals surface area contributed by atoms with Gasteiger partial charge in [-0.1, -0.05) is 30.3 Å². The number of rotatable bonds is 5. The van der Waals surface area contributed by atoms with E-state index in [0.717, 1.165) is 32.1 Å². The van der Waals surface area contributed by atoms with Crippen molar-refractivity contribution in [1.82, 2.24) is 0 Å². The molecule has 1 aromatic rings. The van der Waals surface area contributed by atoms with Crippen molar-refractivity contribution >= 4 is 5.94 Å². The minimum Gasteiger partial charge on any atom is -0.234 e. The quantitative estimate of drug-likeness (QED) is 0.416. The maximum atomic E-state index is 9.88. The van der Waals surface area contributed by atoms with Crippen LogP contribution in [0.4, 0.5) is 0 Å². The molecule has 0 saturated heterocycles. The van der Waals surface area contributed by atoms with Gasteiger partial charge in [0.2, 0.25) is 0 Å². The zero-order valence-electron chi connectivity index (χ0n) is 9.41. The van der Waals surface area contributed by atoms with Gasteiger partial charge in [-0.25, -0.2) is 4.79 Å². The molecule has 1 rings (SSSR count). The minimum absolute atomic E-state index is 0.789. The highest BCUT2D eigenvalue weighted by atomic mass is 16.1. The number of benzene rings is 1. The van der Waals surface area contributed by atoms with Gasteiger partial charge in [0.1, 0.15) is 5.94 Å². The first-order valence-electron chi connectivity index (χ1n) is 5.62. The fourth-order valence-corrected chi connectivity index (χ4v) is 1.38. The molecule has 0 amide bonds. The Balaban J connectivity index is 2.11. The zero-order chi connectivity index (χ0) is 11.5. The Hall–Kier alpha value is -1.77. The molecule has 82 valence electrons. The lowest BCUT2D eigenvalue weighted by atomic mass is 10.1. The van der Waals surface area contributed by atoms with Gasteiger partial charge in [0.05, 0.1) is 0 Å². The summed E-state index contributed by atoms with van der Waals surface area (Å²) in [5, 5.41) is 0. The highest BCUT2D eigenvalue weighted by Crippen LogP contribution is 2.01. The SMILES string of the molecule is O=C=CCCCC#CCCc1ccccc1. The van der Waals surface area contributed by atoms with Crippen molar-refractivity contribution in [2.45, 2.75) is 32.1 Å². The fraction of sp³-hybridized carbons (Fsp3) is 0.333. The summed E-state index contributed by atoms with van der Waals surface area (Å²) in [5.74, 6) is 8.03. The average Bonchev–Trinajstić information content (AvgIpc) is 2.34. The van der Waals surface area contributed by atoms with E-state index in [4.69, 9.17) is 0 Å². The molecular weight excluding hydrogens is 196 g/mol. The highest BCUT2D eigenvalue weighted by Gasteiger charge is 1.87. The van der Waals surface area contributed by atoms with E-state index in [-0.39, 0.29) is 0 Å². The Morgan fingerprint density at radius 2 is 1.81 bits per heavy atom. The Bertz CT molecular complexity index is 388. The summed E-state index contributed by atoms with van der Waals surface area (Å²) >= 11 is 0. The molecule has 0 bridgehead atoms. The lowest BCUT2D eigenvalue weighted by Gasteiger charge is -1.94. The zero-order valence-corrected chi connectivity index (χ0v) is 9.41. The van der Waals surface area contributed by atoms with E-state index in [9.17, 15) is 4.79 Å². The molecule has 1 nitrogen and oxygen atoms in total. The standard InChI is InChI=1S/C15H16O/c16-14-10-5-3-1-2-4-7-11-15-12-8-6-9-13-15/h6,8-10,12-13H,1,3,5,7,11H2. The topological polar surface area (TPSA) is 17.1 Å². The number of unbranched alkanes of at least 4 members (excludes halogenated alkanes) is 2. The second-order valence-corrected chi connectivity index (χ2v) is 3.55. The molecule has 0 N–H and O–H groups in total. The number of carbonyl (C=O) groups excluding carboxylic acids is 1. The second kappa shape index (κ2) is 8.53. The van der Waals surface area contributed by atoms with Crippen LogP contribution in [0.25, 0.3) is 0 Å². The largest absolute Gasteiger partial charge is 0.234 e. The van der Waals surface area contributed by atoms with Crippen LogP contribution in [0.2, 0.25) is 0 Å². The van der Waals surface area contributed by atoms with Crippen LogP contribution in [0.3, 0.4) is 0 Å². The summed E-state index contributed by atoms with van der Waals surface area (Å²) in [6.07, 6.45) is 6.05. The van der Waals surface area contributed by atoms with Crippen LogP contribution in [0.5, 0.6) is 0 Å². The van der Waals surface area contributed by atoms with Crippen molar-refractivity contribution in [3.63, 3.8) is 0 Å². The minimum atomic E-state index is 0.789. The van der Waals surface area contributed by atoms with E-state index in [0.29, 0.717) is 0 Å². The molecular formula is C15H16O. The van der Waals surface area contributed by atoms with Crippen LogP contribution in [-0.2, 0) is 11.2 Å². The van der Waals surface area contributed by atoms with Crippen LogP contribution in [0, 0.1) is 11.8 Å². The van der Waals surface area contributed by atoms with E-state index in [2.05, 4.69) is 36.1 Å². The Morgan fingerprint density at radius 3 is 2.56 bits per heavy atom. The van der Waals surface area contributed by atoms with Gasteiger partial charge in [-0.05, 0) is 30.9 Å². The third-order valence-corrected chi connectivity index (χ3v) is 2.24. The predicted molar refractivity (Wildman–Crippen MR) is 66.7 cm³/mol. The lowest BCUT2D eigenvalue weighted by molar-refractivity contribution is 0.568. The van der Waals surface area contributed by atoms with E-state index in [1.807, 2.05) is 6.07 Å². The number of aryl methyl sites for hydroxylation is 1. The first kappa shape index (κ1) is 12.3. The van der Waals surface area contributed by atoms with Crippen molar-refractivity contribution in [2.75, 3.05) is 0 Å². The van der Waals surface area contributed by atoms with E-state index < -0.39 is 0 Å². The van der Waals surface area contributed by atoms with Crippen molar-refractivity contribution < 1.29 is 4.79 Å². The summed E-state index contributed by atoms with van der Waals surface area (Å²) in [6.45, 7) is 0. The van der Waals surface area contributed by atoms with E-state index in [1.165, 1.54) is 11.6 Å². The van der Waals surface area contributed by atoms with Gasteiger partial charge < -0.3 is 0 Å². The molecule has 0 radical (unpaired) electrons. The van der Waals surface area contributed by atoms with Crippen molar-refractivity contribution in [3.8, 4) is 11.8 Å². The van der Waals surface area contributed by atoms with Gasteiger partial charge in [0, 0.05) is 12.8 Å². The van der Waals surface area contributed by atoms with Gasteiger partial charge in [0.15, 0.2) is 0 Å². The molecule has 16 heavy (non-hydrogen) atoms. The van der Waals surface area contributed by atoms with Gasteiger partial charge in [-0.15, -0.1) is 11.8 Å². The van der Waals surface area contributed by atoms with Crippen LogP contribution in [0.15, 0.2) is 36.4 Å². The molecule has 1 heteroatoms. The molecule has 0 aliphatic carbocycles. The van der Waals surface area contributed by atoms with Gasteiger partial charge in [-0.3, -0.25) is 0 Å². The normalized spacial score (nSPS) is 8.75. The second-order valence-electron chi connectivity index (χ2n) is 3.55. The molecule has 0 fully saturated rings. The summed E-state index contributed by atoms with van der Waals surface area (Å²) in [6, 6.07) is 10.4. The van der Waals surface area contributed by atoms with Gasteiger partial charge in [0.25, 0.3) is 0 Å². The summed E-state index contributed by atoms with van der Waals surface area (Å²) in [5.41, 5.74) is 1.33. The van der Waals surface area contributed by atoms with Crippen LogP contribution < -0.4 is 0 Å². The van der Waals surface area contributed by atoms with Crippen molar-refractivity contribution in [1.29, 1.82) is 0 Å². The van der Waals surface area contributed by atoms with E-state index >= 15 is 0 Å². The van der Waals surface area contributed by atoms with Crippen LogP contribution >= 0.6 is 0 Å². The van der Waals surface area contributed by atoms with Gasteiger partial charge in [-0.2, -0.15) is 0 Å². The lowest BCUT2D eigenvalue weighted by Crippen LogP contribution is -1.81. The molecule has 0 atom stereocenters. The van der Waals surface area contributed by atoms with Gasteiger partial charge >= 0.3 is 0 Å². The molecule has 0 spiro atoms. The average molecular weight is 212 g/mol. The van der Waals surface area contributed by atoms with Crippen molar-refractivity contribution in [3.05, 3.63) is 42.0 Å².